The van der Waals surface area contributed by atoms with E-state index in [1.807, 2.05) is 0 Å². The molecule has 4 rings (SSSR count). The molecule has 1 aliphatic heterocycles. The summed E-state index contributed by atoms with van der Waals surface area (Å²) in [5.41, 5.74) is 9.86. The van der Waals surface area contributed by atoms with Gasteiger partial charge in [0.1, 0.15) is 17.5 Å². The van der Waals surface area contributed by atoms with Gasteiger partial charge in [-0.3, -0.25) is 14.7 Å². The van der Waals surface area contributed by atoms with Gasteiger partial charge in [-0.05, 0) is 57.7 Å². The van der Waals surface area contributed by atoms with Crippen LogP contribution >= 0.6 is 12.4 Å². The van der Waals surface area contributed by atoms with E-state index >= 15 is 0 Å². The highest BCUT2D eigenvalue weighted by Crippen LogP contribution is 2.21. The molecular formula is C26H37ClF2N8O3. The molecule has 0 bridgehead atoms. The molecule has 2 aromatic rings. The summed E-state index contributed by atoms with van der Waals surface area (Å²) < 4.78 is 30.6. The number of hydrogen-bond donors (Lipinski definition) is 4. The van der Waals surface area contributed by atoms with Gasteiger partial charge in [-0.25, -0.2) is 18.4 Å². The minimum absolute atomic E-state index is 0. The SMILES string of the molecule is CC(C)(N)C(=O)N1CCN(C(=O)Nc2ccn(-c3cc(F)c(CN[C@H]4CC[C@H](N)CC4)c(F)c3)c(=O)n2)CC1.Cl. The van der Waals surface area contributed by atoms with Crippen molar-refractivity contribution in [2.45, 2.75) is 63.7 Å². The first-order valence-electron chi connectivity index (χ1n) is 13.1. The first kappa shape index (κ1) is 31.4. The molecular weight excluding hydrogens is 546 g/mol. The van der Waals surface area contributed by atoms with E-state index in [1.165, 1.54) is 17.2 Å². The van der Waals surface area contributed by atoms with Gasteiger partial charge < -0.3 is 26.6 Å². The molecule has 1 saturated heterocycles. The maximum atomic E-state index is 14.8. The van der Waals surface area contributed by atoms with Crippen LogP contribution in [0.3, 0.4) is 0 Å². The molecule has 0 spiro atoms. The van der Waals surface area contributed by atoms with Crippen molar-refractivity contribution in [1.29, 1.82) is 0 Å². The molecule has 1 aliphatic carbocycles. The zero-order chi connectivity index (χ0) is 28.3. The van der Waals surface area contributed by atoms with Gasteiger partial charge in [-0.15, -0.1) is 12.4 Å². The Morgan fingerprint density at radius 3 is 2.17 bits per heavy atom. The lowest BCUT2D eigenvalue weighted by atomic mass is 9.92. The Labute approximate surface area is 237 Å². The van der Waals surface area contributed by atoms with Gasteiger partial charge >= 0.3 is 11.7 Å². The summed E-state index contributed by atoms with van der Waals surface area (Å²) in [7, 11) is 0. The summed E-state index contributed by atoms with van der Waals surface area (Å²) in [6, 6.07) is 3.40. The smallest absolute Gasteiger partial charge is 0.338 e. The average molecular weight is 583 g/mol. The number of nitrogens with zero attached hydrogens (tertiary/aromatic N) is 4. The molecule has 6 N–H and O–H groups in total. The molecule has 14 heteroatoms. The third kappa shape index (κ3) is 7.53. The van der Waals surface area contributed by atoms with Crippen LogP contribution in [0, 0.1) is 11.6 Å². The lowest BCUT2D eigenvalue weighted by molar-refractivity contribution is -0.137. The van der Waals surface area contributed by atoms with E-state index in [4.69, 9.17) is 11.5 Å². The van der Waals surface area contributed by atoms with E-state index < -0.39 is 28.9 Å². The van der Waals surface area contributed by atoms with Crippen molar-refractivity contribution >= 4 is 30.2 Å². The summed E-state index contributed by atoms with van der Waals surface area (Å²) in [5.74, 6) is -1.74. The minimum Gasteiger partial charge on any atom is -0.338 e. The van der Waals surface area contributed by atoms with E-state index in [2.05, 4.69) is 15.6 Å². The maximum Gasteiger partial charge on any atom is 0.354 e. The van der Waals surface area contributed by atoms with Crippen LogP contribution in [0.5, 0.6) is 0 Å². The highest BCUT2D eigenvalue weighted by molar-refractivity contribution is 5.89. The molecule has 2 heterocycles. The topological polar surface area (TPSA) is 152 Å². The van der Waals surface area contributed by atoms with Crippen molar-refractivity contribution in [3.8, 4) is 5.69 Å². The van der Waals surface area contributed by atoms with Crippen LogP contribution in [-0.2, 0) is 11.3 Å². The second kappa shape index (κ2) is 13.0. The van der Waals surface area contributed by atoms with Crippen molar-refractivity contribution in [1.82, 2.24) is 24.7 Å². The Hall–Kier alpha value is -3.13. The van der Waals surface area contributed by atoms with E-state index in [1.54, 1.807) is 18.7 Å². The van der Waals surface area contributed by atoms with Gasteiger partial charge in [0.15, 0.2) is 0 Å². The van der Waals surface area contributed by atoms with Crippen LogP contribution in [0.15, 0.2) is 29.2 Å². The van der Waals surface area contributed by atoms with Gasteiger partial charge in [-0.2, -0.15) is 4.98 Å². The Morgan fingerprint density at radius 2 is 1.62 bits per heavy atom. The van der Waals surface area contributed by atoms with Crippen molar-refractivity contribution in [2.24, 2.45) is 11.5 Å². The average Bonchev–Trinajstić information content (AvgIpc) is 2.88. The molecule has 2 fully saturated rings. The predicted octanol–water partition coefficient (Wildman–Crippen LogP) is 1.71. The molecule has 11 nitrogen and oxygen atoms in total. The van der Waals surface area contributed by atoms with Crippen LogP contribution in [0.4, 0.5) is 19.4 Å². The first-order valence-corrected chi connectivity index (χ1v) is 13.1. The fourth-order valence-corrected chi connectivity index (χ4v) is 4.85. The normalized spacial score (nSPS) is 19.6. The standard InChI is InChI=1S/C26H36F2N8O3.ClH/c1-26(2,30)23(37)34-9-11-35(12-10-34)24(38)32-22-7-8-36(25(39)33-22)18-13-20(27)19(21(28)14-18)15-31-17-5-3-16(29)4-6-17;/h7-8,13-14,16-17,31H,3-6,9-12,15,29-30H2,1-2H3,(H,32,33,38,39);1H/t16-,17-;. The minimum atomic E-state index is -0.995. The third-order valence-electron chi connectivity index (χ3n) is 7.19. The van der Waals surface area contributed by atoms with Gasteiger partial charge in [0.25, 0.3) is 0 Å². The molecule has 220 valence electrons. The van der Waals surface area contributed by atoms with E-state index in [-0.39, 0.29) is 54.0 Å². The summed E-state index contributed by atoms with van der Waals surface area (Å²) in [6.45, 7) is 4.54. The number of halogens is 3. The number of carbonyl (C=O) groups is 2. The van der Waals surface area contributed by atoms with Gasteiger partial charge in [0.05, 0.1) is 11.2 Å². The number of urea groups is 1. The second-order valence-electron chi connectivity index (χ2n) is 10.8. The molecule has 2 aliphatic rings. The first-order chi connectivity index (χ1) is 18.4. The number of hydrogen-bond acceptors (Lipinski definition) is 7. The predicted molar refractivity (Wildman–Crippen MR) is 150 cm³/mol. The number of piperazine rings is 1. The van der Waals surface area contributed by atoms with Crippen LogP contribution in [0.2, 0.25) is 0 Å². The Balaban J connectivity index is 0.00000441. The van der Waals surface area contributed by atoms with Crippen LogP contribution in [-0.4, -0.2) is 75.1 Å². The molecule has 1 aromatic carbocycles. The summed E-state index contributed by atoms with van der Waals surface area (Å²) in [5, 5.41) is 5.75. The molecule has 40 heavy (non-hydrogen) atoms. The number of rotatable bonds is 6. The zero-order valence-corrected chi connectivity index (χ0v) is 23.5. The number of nitrogens with one attached hydrogen (secondary N) is 2. The summed E-state index contributed by atoms with van der Waals surface area (Å²) >= 11 is 0. The molecule has 1 aromatic heterocycles. The largest absolute Gasteiger partial charge is 0.354 e. The van der Waals surface area contributed by atoms with Crippen molar-refractivity contribution in [3.63, 3.8) is 0 Å². The number of carbonyl (C=O) groups excluding carboxylic acids is 2. The maximum absolute atomic E-state index is 14.8. The highest BCUT2D eigenvalue weighted by Gasteiger charge is 2.31. The molecule has 3 amide bonds. The van der Waals surface area contributed by atoms with Crippen LogP contribution < -0.4 is 27.8 Å². The zero-order valence-electron chi connectivity index (χ0n) is 22.7. The number of aromatic nitrogens is 2. The fraction of sp³-hybridized carbons (Fsp3) is 0.538. The lowest BCUT2D eigenvalue weighted by Crippen LogP contribution is -2.58. The van der Waals surface area contributed by atoms with Gasteiger partial charge in [0.2, 0.25) is 5.91 Å². The molecule has 0 atom stereocenters. The fourth-order valence-electron chi connectivity index (χ4n) is 4.85. The van der Waals surface area contributed by atoms with Gasteiger partial charge in [0, 0.05) is 56.6 Å². The third-order valence-corrected chi connectivity index (χ3v) is 7.19. The van der Waals surface area contributed by atoms with E-state index in [0.29, 0.717) is 26.2 Å². The molecule has 1 saturated carbocycles. The second-order valence-corrected chi connectivity index (χ2v) is 10.8. The van der Waals surface area contributed by atoms with Gasteiger partial charge in [-0.1, -0.05) is 0 Å². The van der Waals surface area contributed by atoms with E-state index in [0.717, 1.165) is 42.4 Å². The summed E-state index contributed by atoms with van der Waals surface area (Å²) in [6.07, 6.45) is 4.75. The quantitative estimate of drug-likeness (QED) is 0.405. The molecule has 0 radical (unpaired) electrons. The summed E-state index contributed by atoms with van der Waals surface area (Å²) in [4.78, 5) is 44.6. The monoisotopic (exact) mass is 582 g/mol. The number of anilines is 1. The lowest BCUT2D eigenvalue weighted by Gasteiger charge is -2.37. The Morgan fingerprint density at radius 1 is 1.05 bits per heavy atom. The number of amides is 3. The highest BCUT2D eigenvalue weighted by atomic mass is 35.5. The Bertz CT molecular complexity index is 1250. The Kier molecular flexibility index (Phi) is 10.2. The van der Waals surface area contributed by atoms with Crippen molar-refractivity contribution < 1.29 is 18.4 Å². The number of benzene rings is 1. The van der Waals surface area contributed by atoms with E-state index in [9.17, 15) is 23.2 Å². The van der Waals surface area contributed by atoms with Crippen LogP contribution in [0.25, 0.3) is 5.69 Å². The van der Waals surface area contributed by atoms with Crippen molar-refractivity contribution in [2.75, 3.05) is 31.5 Å². The van der Waals surface area contributed by atoms with Crippen LogP contribution in [0.1, 0.15) is 45.1 Å². The molecule has 0 unspecified atom stereocenters. The number of nitrogens with two attached hydrogens (primary N) is 2. The van der Waals surface area contributed by atoms with Crippen molar-refractivity contribution in [3.05, 3.63) is 52.1 Å².